The Morgan fingerprint density at radius 2 is 1.75 bits per heavy atom. The van der Waals surface area contributed by atoms with Gasteiger partial charge < -0.3 is 20.5 Å². The minimum Gasteiger partial charge on any atom is -0.493 e. The minimum absolute atomic E-state index is 0.252. The molecule has 4 heteroatoms. The van der Waals surface area contributed by atoms with Gasteiger partial charge in [0.2, 0.25) is 0 Å². The van der Waals surface area contributed by atoms with Crippen LogP contribution in [0.3, 0.4) is 0 Å². The molecule has 0 bridgehead atoms. The zero-order valence-corrected chi connectivity index (χ0v) is 13.3. The van der Waals surface area contributed by atoms with Gasteiger partial charge in [-0.3, -0.25) is 0 Å². The fourth-order valence-electron chi connectivity index (χ4n) is 2.16. The van der Waals surface area contributed by atoms with E-state index in [2.05, 4.69) is 32.2 Å². The second-order valence-corrected chi connectivity index (χ2v) is 5.48. The molecule has 0 saturated carbocycles. The molecule has 3 N–H and O–H groups in total. The van der Waals surface area contributed by atoms with Crippen LogP contribution in [0.1, 0.15) is 32.4 Å². The van der Waals surface area contributed by atoms with Gasteiger partial charge in [0, 0.05) is 6.04 Å². The minimum atomic E-state index is 0.252. The Balaban J connectivity index is 2.70. The van der Waals surface area contributed by atoms with Crippen LogP contribution >= 0.6 is 0 Å². The largest absolute Gasteiger partial charge is 0.493 e. The van der Waals surface area contributed by atoms with Crippen molar-refractivity contribution in [1.29, 1.82) is 0 Å². The monoisotopic (exact) mass is 280 g/mol. The van der Waals surface area contributed by atoms with Gasteiger partial charge in [0.05, 0.1) is 14.2 Å². The van der Waals surface area contributed by atoms with E-state index in [-0.39, 0.29) is 6.04 Å². The van der Waals surface area contributed by atoms with Crippen LogP contribution in [0.4, 0.5) is 0 Å². The lowest BCUT2D eigenvalue weighted by Gasteiger charge is -2.23. The lowest BCUT2D eigenvalue weighted by molar-refractivity contribution is 0.349. The molecule has 0 aliphatic carbocycles. The van der Waals surface area contributed by atoms with Gasteiger partial charge in [-0.05, 0) is 49.5 Å². The molecule has 114 valence electrons. The number of benzene rings is 1. The molecular weight excluding hydrogens is 252 g/mol. The maximum atomic E-state index is 5.81. The summed E-state index contributed by atoms with van der Waals surface area (Å²) in [6.07, 6.45) is 0. The summed E-state index contributed by atoms with van der Waals surface area (Å²) in [5.41, 5.74) is 6.99. The van der Waals surface area contributed by atoms with E-state index in [1.54, 1.807) is 14.2 Å². The summed E-state index contributed by atoms with van der Waals surface area (Å²) in [7, 11) is 3.30. The molecule has 0 heterocycles. The summed E-state index contributed by atoms with van der Waals surface area (Å²) < 4.78 is 10.6. The molecule has 0 amide bonds. The molecule has 0 radical (unpaired) electrons. The molecule has 1 aromatic carbocycles. The van der Waals surface area contributed by atoms with Crippen LogP contribution in [0.25, 0.3) is 0 Å². The smallest absolute Gasteiger partial charge is 0.161 e. The van der Waals surface area contributed by atoms with Gasteiger partial charge in [0.15, 0.2) is 11.5 Å². The van der Waals surface area contributed by atoms with Gasteiger partial charge in [-0.2, -0.15) is 0 Å². The molecule has 0 saturated heterocycles. The normalized spacial score (nSPS) is 14.2. The zero-order valence-electron chi connectivity index (χ0n) is 13.3. The molecule has 1 rings (SSSR count). The maximum Gasteiger partial charge on any atom is 0.161 e. The van der Waals surface area contributed by atoms with Crippen molar-refractivity contribution >= 4 is 0 Å². The highest BCUT2D eigenvalue weighted by molar-refractivity contribution is 5.43. The highest BCUT2D eigenvalue weighted by Crippen LogP contribution is 2.29. The van der Waals surface area contributed by atoms with Crippen LogP contribution in [-0.4, -0.2) is 27.3 Å². The summed E-state index contributed by atoms with van der Waals surface area (Å²) in [5, 5.41) is 3.54. The third kappa shape index (κ3) is 4.39. The summed E-state index contributed by atoms with van der Waals surface area (Å²) in [6.45, 7) is 8.20. The first kappa shape index (κ1) is 16.8. The molecule has 0 aliphatic rings. The van der Waals surface area contributed by atoms with Gasteiger partial charge in [-0.1, -0.05) is 19.9 Å². The van der Waals surface area contributed by atoms with E-state index >= 15 is 0 Å². The van der Waals surface area contributed by atoms with Crippen LogP contribution in [0.5, 0.6) is 11.5 Å². The molecule has 2 atom stereocenters. The Labute approximate surface area is 122 Å². The molecular formula is C16H28N2O2. The van der Waals surface area contributed by atoms with Crippen LogP contribution < -0.4 is 20.5 Å². The third-order valence-electron chi connectivity index (χ3n) is 3.84. The highest BCUT2D eigenvalue weighted by atomic mass is 16.5. The standard InChI is InChI=1S/C16H28N2O2/c1-11(2)14(9-17)10-18-12(3)13-6-7-15(19-4)16(8-13)20-5/h6-8,11-12,14,18H,9-10,17H2,1-5H3. The van der Waals surface area contributed by atoms with E-state index in [0.29, 0.717) is 18.4 Å². The van der Waals surface area contributed by atoms with E-state index in [0.717, 1.165) is 18.0 Å². The van der Waals surface area contributed by atoms with E-state index in [9.17, 15) is 0 Å². The number of nitrogens with two attached hydrogens (primary N) is 1. The molecule has 0 aliphatic heterocycles. The first-order valence-electron chi connectivity index (χ1n) is 7.18. The fourth-order valence-corrected chi connectivity index (χ4v) is 2.16. The number of rotatable bonds is 8. The third-order valence-corrected chi connectivity index (χ3v) is 3.84. The number of nitrogens with one attached hydrogen (secondary N) is 1. The van der Waals surface area contributed by atoms with Gasteiger partial charge in [0.1, 0.15) is 0 Å². The van der Waals surface area contributed by atoms with Crippen molar-refractivity contribution in [3.8, 4) is 11.5 Å². The summed E-state index contributed by atoms with van der Waals surface area (Å²) >= 11 is 0. The van der Waals surface area contributed by atoms with Gasteiger partial charge in [-0.15, -0.1) is 0 Å². The van der Waals surface area contributed by atoms with Crippen molar-refractivity contribution in [2.75, 3.05) is 27.3 Å². The molecule has 1 aromatic rings. The molecule has 0 aromatic heterocycles. The van der Waals surface area contributed by atoms with E-state index in [1.165, 1.54) is 5.56 Å². The maximum absolute atomic E-state index is 5.81. The van der Waals surface area contributed by atoms with Crippen molar-refractivity contribution in [2.45, 2.75) is 26.8 Å². The first-order valence-corrected chi connectivity index (χ1v) is 7.18. The van der Waals surface area contributed by atoms with Crippen molar-refractivity contribution in [3.63, 3.8) is 0 Å². The van der Waals surface area contributed by atoms with Crippen LogP contribution in [0.15, 0.2) is 18.2 Å². The SMILES string of the molecule is COc1ccc(C(C)NCC(CN)C(C)C)cc1OC. The fraction of sp³-hybridized carbons (Fsp3) is 0.625. The number of hydrogen-bond acceptors (Lipinski definition) is 4. The van der Waals surface area contributed by atoms with Gasteiger partial charge in [0.25, 0.3) is 0 Å². The van der Waals surface area contributed by atoms with Crippen LogP contribution in [0.2, 0.25) is 0 Å². The van der Waals surface area contributed by atoms with Crippen LogP contribution in [0, 0.1) is 11.8 Å². The average molecular weight is 280 g/mol. The number of hydrogen-bond donors (Lipinski definition) is 2. The highest BCUT2D eigenvalue weighted by Gasteiger charge is 2.14. The molecule has 4 nitrogen and oxygen atoms in total. The zero-order chi connectivity index (χ0) is 15.1. The van der Waals surface area contributed by atoms with Gasteiger partial charge >= 0.3 is 0 Å². The molecule has 2 unspecified atom stereocenters. The molecule has 20 heavy (non-hydrogen) atoms. The van der Waals surface area contributed by atoms with Crippen molar-refractivity contribution in [3.05, 3.63) is 23.8 Å². The molecule has 0 spiro atoms. The Kier molecular flexibility index (Phi) is 6.82. The lowest BCUT2D eigenvalue weighted by atomic mass is 9.95. The quantitative estimate of drug-likeness (QED) is 0.768. The molecule has 0 fully saturated rings. The second kappa shape index (κ2) is 8.12. The summed E-state index contributed by atoms with van der Waals surface area (Å²) in [5.74, 6) is 2.60. The van der Waals surface area contributed by atoms with Crippen molar-refractivity contribution in [1.82, 2.24) is 5.32 Å². The lowest BCUT2D eigenvalue weighted by Crippen LogP contribution is -2.33. The van der Waals surface area contributed by atoms with Crippen molar-refractivity contribution in [2.24, 2.45) is 17.6 Å². The Morgan fingerprint density at radius 1 is 1.10 bits per heavy atom. The van der Waals surface area contributed by atoms with E-state index < -0.39 is 0 Å². The predicted octanol–water partition coefficient (Wildman–Crippen LogP) is 2.59. The Bertz CT molecular complexity index is 407. The van der Waals surface area contributed by atoms with Gasteiger partial charge in [-0.25, -0.2) is 0 Å². The van der Waals surface area contributed by atoms with E-state index in [1.807, 2.05) is 12.1 Å². The summed E-state index contributed by atoms with van der Waals surface area (Å²) in [6, 6.07) is 6.27. The van der Waals surface area contributed by atoms with Crippen molar-refractivity contribution < 1.29 is 9.47 Å². The number of methoxy groups -OCH3 is 2. The Hall–Kier alpha value is -1.26. The van der Waals surface area contributed by atoms with Crippen LogP contribution in [-0.2, 0) is 0 Å². The first-order chi connectivity index (χ1) is 9.53. The average Bonchev–Trinajstić information content (AvgIpc) is 2.46. The Morgan fingerprint density at radius 3 is 2.25 bits per heavy atom. The summed E-state index contributed by atoms with van der Waals surface area (Å²) in [4.78, 5) is 0. The number of ether oxygens (including phenoxy) is 2. The predicted molar refractivity (Wildman–Crippen MR) is 83.3 cm³/mol. The second-order valence-electron chi connectivity index (χ2n) is 5.48. The topological polar surface area (TPSA) is 56.5 Å². The van der Waals surface area contributed by atoms with E-state index in [4.69, 9.17) is 15.2 Å².